The van der Waals surface area contributed by atoms with Crippen molar-refractivity contribution in [1.29, 1.82) is 0 Å². The molecule has 9 heteroatoms. The lowest BCUT2D eigenvalue weighted by atomic mass is 10.1. The number of anilines is 1. The Morgan fingerprint density at radius 3 is 2.21 bits per heavy atom. The summed E-state index contributed by atoms with van der Waals surface area (Å²) in [6, 6.07) is 12.0. The monoisotopic (exact) mass is 551 g/mol. The number of hydrogen-bond donors (Lipinski definition) is 1. The molecule has 0 aliphatic carbocycles. The Morgan fingerprint density at radius 2 is 1.68 bits per heavy atom. The zero-order chi connectivity index (χ0) is 25.6. The third-order valence-electron chi connectivity index (χ3n) is 5.73. The largest absolute Gasteiger partial charge is 0.352 e. The molecule has 34 heavy (non-hydrogen) atoms. The van der Waals surface area contributed by atoms with Crippen LogP contribution in [-0.4, -0.2) is 50.0 Å². The molecule has 0 bridgehead atoms. The molecule has 0 saturated heterocycles. The van der Waals surface area contributed by atoms with Crippen molar-refractivity contribution < 1.29 is 18.0 Å². The number of benzene rings is 2. The summed E-state index contributed by atoms with van der Waals surface area (Å²) in [4.78, 5) is 27.9. The maximum Gasteiger partial charge on any atom is 0.244 e. The van der Waals surface area contributed by atoms with Gasteiger partial charge in [-0.25, -0.2) is 8.42 Å². The molecule has 2 aromatic carbocycles. The van der Waals surface area contributed by atoms with Crippen LogP contribution in [-0.2, 0) is 26.2 Å². The van der Waals surface area contributed by atoms with Crippen LogP contribution in [0.1, 0.15) is 43.9 Å². The van der Waals surface area contributed by atoms with Crippen molar-refractivity contribution in [1.82, 2.24) is 10.2 Å². The molecule has 2 aromatic rings. The minimum Gasteiger partial charge on any atom is -0.352 e. The van der Waals surface area contributed by atoms with Crippen LogP contribution in [0, 0.1) is 13.8 Å². The summed E-state index contributed by atoms with van der Waals surface area (Å²) in [5.74, 6) is -0.739. The van der Waals surface area contributed by atoms with Crippen molar-refractivity contribution in [3.8, 4) is 0 Å². The molecule has 0 aliphatic rings. The highest BCUT2D eigenvalue weighted by atomic mass is 79.9. The van der Waals surface area contributed by atoms with Gasteiger partial charge >= 0.3 is 0 Å². The van der Waals surface area contributed by atoms with Gasteiger partial charge in [-0.3, -0.25) is 13.9 Å². The van der Waals surface area contributed by atoms with E-state index in [1.807, 2.05) is 64.1 Å². The maximum absolute atomic E-state index is 13.6. The number of carbonyl (C=O) groups is 2. The van der Waals surface area contributed by atoms with Crippen molar-refractivity contribution in [2.24, 2.45) is 0 Å². The van der Waals surface area contributed by atoms with Crippen LogP contribution in [0.4, 0.5) is 5.69 Å². The second-order valence-corrected chi connectivity index (χ2v) is 11.5. The molecule has 2 rings (SSSR count). The Labute approximate surface area is 211 Å². The average Bonchev–Trinajstić information content (AvgIpc) is 2.76. The van der Waals surface area contributed by atoms with Crippen LogP contribution in [0.25, 0.3) is 0 Å². The van der Waals surface area contributed by atoms with Gasteiger partial charge in [0.15, 0.2) is 0 Å². The molecule has 0 fully saturated rings. The lowest BCUT2D eigenvalue weighted by Gasteiger charge is -2.32. The van der Waals surface area contributed by atoms with E-state index in [1.54, 1.807) is 13.0 Å². The number of aryl methyl sites for hydroxylation is 2. The van der Waals surface area contributed by atoms with Crippen molar-refractivity contribution >= 4 is 43.5 Å². The minimum atomic E-state index is -3.75. The third kappa shape index (κ3) is 7.56. The molecule has 0 aliphatic heterocycles. The first-order chi connectivity index (χ1) is 15.8. The van der Waals surface area contributed by atoms with Gasteiger partial charge in [0.2, 0.25) is 21.8 Å². The number of amides is 2. The van der Waals surface area contributed by atoms with E-state index in [2.05, 4.69) is 21.2 Å². The molecule has 0 unspecified atom stereocenters. The highest BCUT2D eigenvalue weighted by Gasteiger charge is 2.30. The average molecular weight is 553 g/mol. The topological polar surface area (TPSA) is 86.8 Å². The first kappa shape index (κ1) is 27.9. The number of nitrogens with zero attached hydrogens (tertiary/aromatic N) is 2. The molecule has 186 valence electrons. The summed E-state index contributed by atoms with van der Waals surface area (Å²) >= 11 is 3.40. The molecule has 0 aromatic heterocycles. The first-order valence-corrected chi connectivity index (χ1v) is 13.9. The van der Waals surface area contributed by atoms with Gasteiger partial charge in [0.1, 0.15) is 12.6 Å². The number of carbonyl (C=O) groups excluding carboxylic acids is 2. The lowest BCUT2D eigenvalue weighted by molar-refractivity contribution is -0.139. The Hall–Kier alpha value is -2.39. The van der Waals surface area contributed by atoms with E-state index in [0.29, 0.717) is 5.69 Å². The standard InChI is InChI=1S/C25H34BrN3O4S/c1-7-19(4)27-25(31)20(5)28(15-21-9-11-22(26)12-10-21)24(30)16-29(34(6,32)33)23-13-8-17(2)14-18(23)3/h8-14,19-20H,7,15-16H2,1-6H3,(H,27,31)/t19-,20-/m0/s1. The second-order valence-electron chi connectivity index (χ2n) is 8.70. The van der Waals surface area contributed by atoms with Crippen molar-refractivity contribution in [2.75, 3.05) is 17.1 Å². The summed E-state index contributed by atoms with van der Waals surface area (Å²) < 4.78 is 27.4. The van der Waals surface area contributed by atoms with Gasteiger partial charge in [0, 0.05) is 17.1 Å². The fourth-order valence-electron chi connectivity index (χ4n) is 3.51. The van der Waals surface area contributed by atoms with Gasteiger partial charge in [0.05, 0.1) is 11.9 Å². The second kappa shape index (κ2) is 11.8. The fourth-order valence-corrected chi connectivity index (χ4v) is 4.69. The summed E-state index contributed by atoms with van der Waals surface area (Å²) in [5, 5.41) is 2.92. The van der Waals surface area contributed by atoms with Gasteiger partial charge in [0.25, 0.3) is 0 Å². The highest BCUT2D eigenvalue weighted by molar-refractivity contribution is 9.10. The van der Waals surface area contributed by atoms with Crippen LogP contribution in [0.5, 0.6) is 0 Å². The third-order valence-corrected chi connectivity index (χ3v) is 7.39. The Morgan fingerprint density at radius 1 is 1.06 bits per heavy atom. The Balaban J connectivity index is 2.41. The van der Waals surface area contributed by atoms with Crippen LogP contribution in [0.3, 0.4) is 0 Å². The molecule has 1 N–H and O–H groups in total. The van der Waals surface area contributed by atoms with Crippen LogP contribution in [0.2, 0.25) is 0 Å². The van der Waals surface area contributed by atoms with Gasteiger partial charge in [-0.2, -0.15) is 0 Å². The summed E-state index contributed by atoms with van der Waals surface area (Å²) in [6.07, 6.45) is 1.84. The summed E-state index contributed by atoms with van der Waals surface area (Å²) in [7, 11) is -3.75. The minimum absolute atomic E-state index is 0.0395. The molecule has 0 heterocycles. The molecule has 2 amide bonds. The van der Waals surface area contributed by atoms with E-state index in [9.17, 15) is 18.0 Å². The van der Waals surface area contributed by atoms with Crippen molar-refractivity contribution in [2.45, 2.75) is 59.7 Å². The molecular weight excluding hydrogens is 518 g/mol. The number of nitrogens with one attached hydrogen (secondary N) is 1. The van der Waals surface area contributed by atoms with E-state index in [-0.39, 0.29) is 18.5 Å². The predicted octanol–water partition coefficient (Wildman–Crippen LogP) is 4.16. The van der Waals surface area contributed by atoms with E-state index in [1.165, 1.54) is 4.90 Å². The van der Waals surface area contributed by atoms with E-state index in [4.69, 9.17) is 0 Å². The Bertz CT molecular complexity index is 1120. The zero-order valence-corrected chi connectivity index (χ0v) is 23.0. The molecule has 0 spiro atoms. The SMILES string of the molecule is CC[C@H](C)NC(=O)[C@H](C)N(Cc1ccc(Br)cc1)C(=O)CN(c1ccc(C)cc1C)S(C)(=O)=O. The highest BCUT2D eigenvalue weighted by Crippen LogP contribution is 2.24. The number of hydrogen-bond acceptors (Lipinski definition) is 4. The zero-order valence-electron chi connectivity index (χ0n) is 20.6. The van der Waals surface area contributed by atoms with Crippen LogP contribution >= 0.6 is 15.9 Å². The van der Waals surface area contributed by atoms with E-state index >= 15 is 0 Å². The molecule has 0 saturated carbocycles. The summed E-state index contributed by atoms with van der Waals surface area (Å²) in [6.45, 7) is 9.03. The van der Waals surface area contributed by atoms with Crippen molar-refractivity contribution in [3.63, 3.8) is 0 Å². The molecule has 7 nitrogen and oxygen atoms in total. The fraction of sp³-hybridized carbons (Fsp3) is 0.440. The lowest BCUT2D eigenvalue weighted by Crippen LogP contribution is -2.52. The quantitative estimate of drug-likeness (QED) is 0.480. The van der Waals surface area contributed by atoms with Gasteiger partial charge in [-0.15, -0.1) is 0 Å². The van der Waals surface area contributed by atoms with Crippen molar-refractivity contribution in [3.05, 3.63) is 63.6 Å². The van der Waals surface area contributed by atoms with Crippen LogP contribution < -0.4 is 9.62 Å². The van der Waals surface area contributed by atoms with E-state index in [0.717, 1.165) is 38.1 Å². The van der Waals surface area contributed by atoms with E-state index < -0.39 is 28.5 Å². The normalized spacial score (nSPS) is 13.1. The van der Waals surface area contributed by atoms with Gasteiger partial charge < -0.3 is 10.2 Å². The molecular formula is C25H34BrN3O4S. The first-order valence-electron chi connectivity index (χ1n) is 11.2. The maximum atomic E-state index is 13.6. The molecule has 0 radical (unpaired) electrons. The van der Waals surface area contributed by atoms with Gasteiger partial charge in [-0.05, 0) is 63.4 Å². The number of rotatable bonds is 10. The molecule has 2 atom stereocenters. The Kier molecular flexibility index (Phi) is 9.70. The van der Waals surface area contributed by atoms with Crippen LogP contribution in [0.15, 0.2) is 46.9 Å². The summed E-state index contributed by atoms with van der Waals surface area (Å²) in [5.41, 5.74) is 3.02. The number of halogens is 1. The predicted molar refractivity (Wildman–Crippen MR) is 140 cm³/mol. The number of sulfonamides is 1. The van der Waals surface area contributed by atoms with Gasteiger partial charge in [-0.1, -0.05) is 52.7 Å². The smallest absolute Gasteiger partial charge is 0.244 e.